The SMILES string of the molecule is Nc1cc(F)c(I)c(F)c1F. The van der Waals surface area contributed by atoms with Gasteiger partial charge in [-0.2, -0.15) is 0 Å². The highest BCUT2D eigenvalue weighted by molar-refractivity contribution is 14.1. The van der Waals surface area contributed by atoms with E-state index in [1.54, 1.807) is 0 Å². The number of benzene rings is 1. The quantitative estimate of drug-likeness (QED) is 0.334. The average Bonchev–Trinajstić information content (AvgIpc) is 1.97. The van der Waals surface area contributed by atoms with Crippen molar-refractivity contribution < 1.29 is 13.2 Å². The highest BCUT2D eigenvalue weighted by Gasteiger charge is 2.14. The summed E-state index contributed by atoms with van der Waals surface area (Å²) in [6, 6.07) is 0.750. The minimum atomic E-state index is -1.23. The Hall–Kier alpha value is -0.460. The number of nitrogens with two attached hydrogens (primary N) is 1. The van der Waals surface area contributed by atoms with Crippen LogP contribution in [0.15, 0.2) is 6.07 Å². The van der Waals surface area contributed by atoms with Gasteiger partial charge in [-0.3, -0.25) is 0 Å². The Labute approximate surface area is 74.5 Å². The van der Waals surface area contributed by atoms with Crippen LogP contribution in [0.4, 0.5) is 18.9 Å². The second-order valence-corrected chi connectivity index (χ2v) is 2.97. The molecule has 1 rings (SSSR count). The van der Waals surface area contributed by atoms with E-state index in [1.807, 2.05) is 0 Å². The van der Waals surface area contributed by atoms with Crippen LogP contribution in [0.2, 0.25) is 0 Å². The molecule has 0 aliphatic heterocycles. The van der Waals surface area contributed by atoms with E-state index in [9.17, 15) is 13.2 Å². The Balaban J connectivity index is 3.46. The lowest BCUT2D eigenvalue weighted by atomic mass is 10.3. The fourth-order valence-electron chi connectivity index (χ4n) is 0.591. The van der Waals surface area contributed by atoms with E-state index in [0.717, 1.165) is 6.07 Å². The van der Waals surface area contributed by atoms with E-state index < -0.39 is 23.1 Å². The normalized spacial score (nSPS) is 10.2. The lowest BCUT2D eigenvalue weighted by molar-refractivity contribution is 0.490. The molecule has 0 heterocycles. The number of hydrogen-bond donors (Lipinski definition) is 1. The van der Waals surface area contributed by atoms with Crippen molar-refractivity contribution in [2.24, 2.45) is 0 Å². The molecule has 0 atom stereocenters. The van der Waals surface area contributed by atoms with Crippen molar-refractivity contribution in [2.45, 2.75) is 0 Å². The molecule has 0 aliphatic carbocycles. The lowest BCUT2D eigenvalue weighted by Crippen LogP contribution is -1.99. The van der Waals surface area contributed by atoms with Crippen LogP contribution < -0.4 is 5.73 Å². The standard InChI is InChI=1S/C6H3F3IN/c7-2-1-3(11)4(8)5(9)6(2)10/h1H,11H2. The number of hydrogen-bond acceptors (Lipinski definition) is 1. The third kappa shape index (κ3) is 1.42. The van der Waals surface area contributed by atoms with Crippen molar-refractivity contribution in [3.8, 4) is 0 Å². The van der Waals surface area contributed by atoms with E-state index in [2.05, 4.69) is 0 Å². The highest BCUT2D eigenvalue weighted by atomic mass is 127. The molecule has 0 bridgehead atoms. The van der Waals surface area contributed by atoms with Crippen molar-refractivity contribution in [2.75, 3.05) is 5.73 Å². The van der Waals surface area contributed by atoms with Gasteiger partial charge in [0.25, 0.3) is 0 Å². The van der Waals surface area contributed by atoms with Gasteiger partial charge in [0.15, 0.2) is 11.6 Å². The van der Waals surface area contributed by atoms with Gasteiger partial charge in [-0.25, -0.2) is 13.2 Å². The summed E-state index contributed by atoms with van der Waals surface area (Å²) in [4.78, 5) is 0. The molecule has 0 saturated carbocycles. The average molecular weight is 273 g/mol. The zero-order chi connectivity index (χ0) is 8.59. The molecule has 0 amide bonds. The van der Waals surface area contributed by atoms with Gasteiger partial charge in [-0.1, -0.05) is 0 Å². The Kier molecular flexibility index (Phi) is 2.26. The topological polar surface area (TPSA) is 26.0 Å². The maximum atomic E-state index is 12.5. The third-order valence-electron chi connectivity index (χ3n) is 1.13. The fraction of sp³-hybridized carbons (Fsp3) is 0. The van der Waals surface area contributed by atoms with Crippen molar-refractivity contribution in [1.29, 1.82) is 0 Å². The van der Waals surface area contributed by atoms with Crippen LogP contribution in [0.1, 0.15) is 0 Å². The van der Waals surface area contributed by atoms with Crippen molar-refractivity contribution >= 4 is 28.3 Å². The number of nitrogen functional groups attached to an aromatic ring is 1. The molecule has 1 aromatic carbocycles. The molecule has 0 saturated heterocycles. The molecule has 0 unspecified atom stereocenters. The fourth-order valence-corrected chi connectivity index (χ4v) is 0.984. The van der Waals surface area contributed by atoms with Crippen molar-refractivity contribution in [1.82, 2.24) is 0 Å². The van der Waals surface area contributed by atoms with Gasteiger partial charge >= 0.3 is 0 Å². The molecule has 11 heavy (non-hydrogen) atoms. The van der Waals surface area contributed by atoms with Crippen LogP contribution in [-0.4, -0.2) is 0 Å². The molecule has 0 fully saturated rings. The first kappa shape index (κ1) is 8.63. The van der Waals surface area contributed by atoms with E-state index in [4.69, 9.17) is 5.73 Å². The molecule has 0 spiro atoms. The summed E-state index contributed by atoms with van der Waals surface area (Å²) < 4.78 is 37.2. The summed E-state index contributed by atoms with van der Waals surface area (Å²) in [7, 11) is 0. The summed E-state index contributed by atoms with van der Waals surface area (Å²) in [5.41, 5.74) is 4.42. The number of rotatable bonds is 0. The number of anilines is 1. The molecule has 0 aliphatic rings. The minimum Gasteiger partial charge on any atom is -0.396 e. The summed E-state index contributed by atoms with van der Waals surface area (Å²) in [6.07, 6.45) is 0. The lowest BCUT2D eigenvalue weighted by Gasteiger charge is -2.00. The van der Waals surface area contributed by atoms with Crippen molar-refractivity contribution in [3.05, 3.63) is 27.1 Å². The third-order valence-corrected chi connectivity index (χ3v) is 2.12. The van der Waals surface area contributed by atoms with Crippen LogP contribution >= 0.6 is 22.6 Å². The second-order valence-electron chi connectivity index (χ2n) is 1.89. The van der Waals surface area contributed by atoms with Gasteiger partial charge < -0.3 is 5.73 Å². The molecule has 1 nitrogen and oxygen atoms in total. The van der Waals surface area contributed by atoms with E-state index in [0.29, 0.717) is 0 Å². The van der Waals surface area contributed by atoms with E-state index in [1.165, 1.54) is 22.6 Å². The molecule has 2 N–H and O–H groups in total. The summed E-state index contributed by atoms with van der Waals surface area (Å²) in [5.74, 6) is -3.28. The van der Waals surface area contributed by atoms with E-state index in [-0.39, 0.29) is 3.57 Å². The molecular formula is C6H3F3IN. The monoisotopic (exact) mass is 273 g/mol. The first-order valence-electron chi connectivity index (χ1n) is 2.62. The first-order chi connectivity index (χ1) is 5.04. The molecule has 0 aromatic heterocycles. The van der Waals surface area contributed by atoms with Crippen molar-refractivity contribution in [3.63, 3.8) is 0 Å². The zero-order valence-corrected chi connectivity index (χ0v) is 7.32. The van der Waals surface area contributed by atoms with Crippen LogP contribution in [0.5, 0.6) is 0 Å². The zero-order valence-electron chi connectivity index (χ0n) is 5.17. The molecule has 1 aromatic rings. The Morgan fingerprint density at radius 2 is 1.73 bits per heavy atom. The molecule has 60 valence electrons. The Morgan fingerprint density at radius 3 is 2.27 bits per heavy atom. The minimum absolute atomic E-state index is 0.380. The predicted molar refractivity (Wildman–Crippen MR) is 43.4 cm³/mol. The first-order valence-corrected chi connectivity index (χ1v) is 3.70. The van der Waals surface area contributed by atoms with Crippen LogP contribution in [0.3, 0.4) is 0 Å². The maximum absolute atomic E-state index is 12.5. The summed E-state index contributed by atoms with van der Waals surface area (Å²) >= 11 is 1.37. The number of halogens is 4. The maximum Gasteiger partial charge on any atom is 0.182 e. The van der Waals surface area contributed by atoms with E-state index >= 15 is 0 Å². The second kappa shape index (κ2) is 2.88. The Morgan fingerprint density at radius 1 is 1.18 bits per heavy atom. The van der Waals surface area contributed by atoms with Crippen LogP contribution in [-0.2, 0) is 0 Å². The van der Waals surface area contributed by atoms with Gasteiger partial charge in [0.1, 0.15) is 5.82 Å². The largest absolute Gasteiger partial charge is 0.396 e. The smallest absolute Gasteiger partial charge is 0.182 e. The predicted octanol–water partition coefficient (Wildman–Crippen LogP) is 2.29. The van der Waals surface area contributed by atoms with Gasteiger partial charge in [0.2, 0.25) is 0 Å². The molecule has 0 radical (unpaired) electrons. The summed E-state index contributed by atoms with van der Waals surface area (Å²) in [5, 5.41) is 0. The van der Waals surface area contributed by atoms with Gasteiger partial charge in [0, 0.05) is 6.07 Å². The highest BCUT2D eigenvalue weighted by Crippen LogP contribution is 2.22. The van der Waals surface area contributed by atoms with Crippen LogP contribution in [0, 0.1) is 21.0 Å². The molecular weight excluding hydrogens is 270 g/mol. The van der Waals surface area contributed by atoms with Gasteiger partial charge in [0.05, 0.1) is 9.26 Å². The molecule has 5 heteroatoms. The Bertz CT molecular complexity index is 274. The van der Waals surface area contributed by atoms with Gasteiger partial charge in [-0.05, 0) is 22.6 Å². The van der Waals surface area contributed by atoms with Crippen LogP contribution in [0.25, 0.3) is 0 Å². The van der Waals surface area contributed by atoms with Gasteiger partial charge in [-0.15, -0.1) is 0 Å². The summed E-state index contributed by atoms with van der Waals surface area (Å²) in [6.45, 7) is 0.